The van der Waals surface area contributed by atoms with E-state index in [2.05, 4.69) is 0 Å². The molecule has 1 aliphatic heterocycles. The summed E-state index contributed by atoms with van der Waals surface area (Å²) in [6, 6.07) is 4.08. The number of rotatable bonds is 5. The fourth-order valence-corrected chi connectivity index (χ4v) is 3.63. The van der Waals surface area contributed by atoms with Gasteiger partial charge in [-0.05, 0) is 52.7 Å². The second-order valence-electron chi connectivity index (χ2n) is 8.31. The molecule has 6 nitrogen and oxygen atoms in total. The van der Waals surface area contributed by atoms with Crippen LogP contribution in [-0.2, 0) is 12.8 Å². The van der Waals surface area contributed by atoms with E-state index in [9.17, 15) is 25.2 Å². The van der Waals surface area contributed by atoms with Crippen LogP contribution in [0.15, 0.2) is 41.5 Å². The Labute approximate surface area is 181 Å². The van der Waals surface area contributed by atoms with Crippen LogP contribution < -0.4 is 4.74 Å². The van der Waals surface area contributed by atoms with Crippen molar-refractivity contribution < 1.29 is 30.0 Å². The number of hydrogen-bond acceptors (Lipinski definition) is 6. The molecule has 0 fully saturated rings. The summed E-state index contributed by atoms with van der Waals surface area (Å²) in [5, 5.41) is 41.6. The average Bonchev–Trinajstić information content (AvgIpc) is 2.66. The van der Waals surface area contributed by atoms with Gasteiger partial charge in [-0.1, -0.05) is 23.3 Å². The zero-order valence-electron chi connectivity index (χ0n) is 18.2. The Hall–Kier alpha value is -3.41. The molecule has 0 bridgehead atoms. The molecule has 0 aromatic heterocycles. The molecule has 164 valence electrons. The van der Waals surface area contributed by atoms with Gasteiger partial charge in [0.2, 0.25) is 0 Å². The number of ketones is 1. The molecule has 0 saturated carbocycles. The number of phenolic OH excluding ortho intramolecular Hbond substituents is 4. The predicted octanol–water partition coefficient (Wildman–Crippen LogP) is 5.23. The summed E-state index contributed by atoms with van der Waals surface area (Å²) in [5.41, 5.74) is 3.16. The van der Waals surface area contributed by atoms with E-state index in [-0.39, 0.29) is 52.9 Å². The van der Waals surface area contributed by atoms with Crippen molar-refractivity contribution in [3.8, 4) is 28.7 Å². The van der Waals surface area contributed by atoms with E-state index < -0.39 is 6.10 Å². The van der Waals surface area contributed by atoms with Gasteiger partial charge in [-0.3, -0.25) is 4.79 Å². The van der Waals surface area contributed by atoms with E-state index in [4.69, 9.17) is 4.74 Å². The van der Waals surface area contributed by atoms with E-state index >= 15 is 0 Å². The lowest BCUT2D eigenvalue weighted by Crippen LogP contribution is -2.22. The van der Waals surface area contributed by atoms with Crippen molar-refractivity contribution in [2.75, 3.05) is 0 Å². The van der Waals surface area contributed by atoms with Gasteiger partial charge in [0.15, 0.2) is 5.78 Å². The largest absolute Gasteiger partial charge is 0.508 e. The fraction of sp³-hybridized carbons (Fsp3) is 0.320. The zero-order valence-corrected chi connectivity index (χ0v) is 18.2. The second-order valence-corrected chi connectivity index (χ2v) is 8.31. The summed E-state index contributed by atoms with van der Waals surface area (Å²) in [7, 11) is 0. The predicted molar refractivity (Wildman–Crippen MR) is 118 cm³/mol. The molecule has 6 heteroatoms. The van der Waals surface area contributed by atoms with Gasteiger partial charge >= 0.3 is 0 Å². The molecule has 1 atom stereocenters. The molecule has 0 spiro atoms. The summed E-state index contributed by atoms with van der Waals surface area (Å²) in [6.07, 6.45) is 3.48. The Morgan fingerprint density at radius 3 is 2.16 bits per heavy atom. The molecule has 31 heavy (non-hydrogen) atoms. The summed E-state index contributed by atoms with van der Waals surface area (Å²) in [4.78, 5) is 13.1. The Morgan fingerprint density at radius 2 is 1.58 bits per heavy atom. The topological polar surface area (TPSA) is 107 Å². The van der Waals surface area contributed by atoms with Crippen LogP contribution in [0.25, 0.3) is 0 Å². The summed E-state index contributed by atoms with van der Waals surface area (Å²) in [5.74, 6) is -0.887. The maximum atomic E-state index is 13.1. The molecular formula is C25H28O6. The molecule has 0 aliphatic carbocycles. The van der Waals surface area contributed by atoms with Crippen molar-refractivity contribution in [1.29, 1.82) is 0 Å². The first-order valence-electron chi connectivity index (χ1n) is 10.2. The van der Waals surface area contributed by atoms with Gasteiger partial charge < -0.3 is 25.2 Å². The zero-order chi connectivity index (χ0) is 22.9. The normalized spacial score (nSPS) is 15.1. The van der Waals surface area contributed by atoms with E-state index in [1.165, 1.54) is 18.2 Å². The number of hydrogen-bond donors (Lipinski definition) is 4. The monoisotopic (exact) mass is 424 g/mol. The highest BCUT2D eigenvalue weighted by atomic mass is 16.5. The summed E-state index contributed by atoms with van der Waals surface area (Å²) >= 11 is 0. The third-order valence-corrected chi connectivity index (χ3v) is 5.30. The minimum atomic E-state index is -0.812. The van der Waals surface area contributed by atoms with Crippen LogP contribution in [0.2, 0.25) is 0 Å². The van der Waals surface area contributed by atoms with Gasteiger partial charge in [0.25, 0.3) is 0 Å². The van der Waals surface area contributed by atoms with E-state index in [0.717, 1.165) is 11.1 Å². The number of Topliss-reactive ketones (excluding diaryl/α,β-unsaturated/α-hetero) is 1. The van der Waals surface area contributed by atoms with Crippen LogP contribution in [0.3, 0.4) is 0 Å². The smallest absolute Gasteiger partial charge is 0.174 e. The molecule has 1 aliphatic rings. The first-order valence-corrected chi connectivity index (χ1v) is 10.2. The molecule has 3 rings (SSSR count). The van der Waals surface area contributed by atoms with E-state index in [0.29, 0.717) is 23.1 Å². The highest BCUT2D eigenvalue weighted by Crippen LogP contribution is 2.49. The Bertz CT molecular complexity index is 1090. The van der Waals surface area contributed by atoms with Crippen molar-refractivity contribution in [3.63, 3.8) is 0 Å². The molecule has 0 saturated heterocycles. The summed E-state index contributed by atoms with van der Waals surface area (Å²) < 4.78 is 6.09. The molecule has 2 aromatic rings. The number of carbonyl (C=O) groups is 1. The first kappa shape index (κ1) is 22.3. The second kappa shape index (κ2) is 8.76. The third-order valence-electron chi connectivity index (χ3n) is 5.30. The highest BCUT2D eigenvalue weighted by molar-refractivity contribution is 6.04. The van der Waals surface area contributed by atoms with Crippen LogP contribution in [0.1, 0.15) is 67.3 Å². The van der Waals surface area contributed by atoms with Gasteiger partial charge in [-0.2, -0.15) is 0 Å². The molecule has 0 unspecified atom stereocenters. The molecule has 0 radical (unpaired) electrons. The lowest BCUT2D eigenvalue weighted by molar-refractivity contribution is 0.0839. The lowest BCUT2D eigenvalue weighted by Gasteiger charge is -2.29. The van der Waals surface area contributed by atoms with Crippen molar-refractivity contribution in [2.24, 2.45) is 0 Å². The number of aromatic hydroxyl groups is 4. The van der Waals surface area contributed by atoms with E-state index in [1.54, 1.807) is 0 Å². The Kier molecular flexibility index (Phi) is 6.29. The minimum Gasteiger partial charge on any atom is -0.508 e. The van der Waals surface area contributed by atoms with Crippen molar-refractivity contribution >= 4 is 5.78 Å². The van der Waals surface area contributed by atoms with Crippen molar-refractivity contribution in [3.05, 3.63) is 63.8 Å². The van der Waals surface area contributed by atoms with Crippen LogP contribution in [0.4, 0.5) is 0 Å². The molecule has 4 N–H and O–H groups in total. The maximum Gasteiger partial charge on any atom is 0.174 e. The minimum absolute atomic E-state index is 0.0571. The average molecular weight is 424 g/mol. The third kappa shape index (κ3) is 4.53. The molecule has 2 aromatic carbocycles. The molecule has 1 heterocycles. The number of benzene rings is 2. The number of ether oxygens (including phenoxy) is 1. The number of carbonyl (C=O) groups excluding carboxylic acids is 1. The Morgan fingerprint density at radius 1 is 0.968 bits per heavy atom. The van der Waals surface area contributed by atoms with Crippen LogP contribution in [-0.4, -0.2) is 26.2 Å². The standard InChI is InChI=1S/C25H28O6/c1-13(2)5-8-17-23(29)18(9-6-14(3)4)25-22(24(17)30)20(28)12-21(31-25)16-10-7-15(26)11-19(16)27/h5-7,10-11,21,26-27,29-30H,8-9,12H2,1-4H3/t21-/m1/s1. The van der Waals surface area contributed by atoms with Crippen LogP contribution in [0, 0.1) is 0 Å². The van der Waals surface area contributed by atoms with Crippen molar-refractivity contribution in [1.82, 2.24) is 0 Å². The number of phenols is 4. The molecular weight excluding hydrogens is 396 g/mol. The van der Waals surface area contributed by atoms with Gasteiger partial charge in [-0.25, -0.2) is 0 Å². The molecule has 0 amide bonds. The summed E-state index contributed by atoms with van der Waals surface area (Å²) in [6.45, 7) is 7.69. The number of fused-ring (bicyclic) bond motifs is 1. The van der Waals surface area contributed by atoms with E-state index in [1.807, 2.05) is 39.8 Å². The van der Waals surface area contributed by atoms with Crippen LogP contribution >= 0.6 is 0 Å². The van der Waals surface area contributed by atoms with Crippen LogP contribution in [0.5, 0.6) is 28.7 Å². The maximum absolute atomic E-state index is 13.1. The van der Waals surface area contributed by atoms with Crippen molar-refractivity contribution in [2.45, 2.75) is 53.1 Å². The fourth-order valence-electron chi connectivity index (χ4n) is 3.63. The van der Waals surface area contributed by atoms with Gasteiger partial charge in [0, 0.05) is 22.8 Å². The van der Waals surface area contributed by atoms with Gasteiger partial charge in [0.1, 0.15) is 40.4 Å². The van der Waals surface area contributed by atoms with Gasteiger partial charge in [-0.15, -0.1) is 0 Å². The lowest BCUT2D eigenvalue weighted by atomic mass is 9.89. The highest BCUT2D eigenvalue weighted by Gasteiger charge is 2.36. The first-order chi connectivity index (χ1) is 14.6. The number of allylic oxidation sites excluding steroid dienone is 4. The quantitative estimate of drug-likeness (QED) is 0.490. The SMILES string of the molecule is CC(C)=CCc1c(O)c(CC=C(C)C)c2c(c1O)C(=O)C[C@H](c1ccc(O)cc1O)O2. The Balaban J connectivity index is 2.18. The van der Waals surface area contributed by atoms with Gasteiger partial charge in [0.05, 0.1) is 6.42 Å².